The van der Waals surface area contributed by atoms with Gasteiger partial charge in [-0.1, -0.05) is 13.3 Å². The van der Waals surface area contributed by atoms with E-state index in [9.17, 15) is 4.79 Å². The number of nitrogens with two attached hydrogens (primary N) is 1. The number of pyridine rings is 1. The lowest BCUT2D eigenvalue weighted by Gasteiger charge is -2.02. The summed E-state index contributed by atoms with van der Waals surface area (Å²) in [6.45, 7) is 2.01. The molecule has 1 aromatic rings. The zero-order valence-corrected chi connectivity index (χ0v) is 7.45. The molecular weight excluding hydrogens is 168 g/mol. The highest BCUT2D eigenvalue weighted by Crippen LogP contribution is 2.10. The third kappa shape index (κ3) is 2.18. The maximum Gasteiger partial charge on any atom is 0.356 e. The quantitative estimate of drug-likeness (QED) is 0.735. The Balaban J connectivity index is 3.04. The van der Waals surface area contributed by atoms with Crippen LogP contribution in [0.4, 0.5) is 5.69 Å². The Hall–Kier alpha value is -1.58. The van der Waals surface area contributed by atoms with Crippen LogP contribution in [0.25, 0.3) is 0 Å². The summed E-state index contributed by atoms with van der Waals surface area (Å²) in [7, 11) is 0. The van der Waals surface area contributed by atoms with Gasteiger partial charge in [0, 0.05) is 5.69 Å². The van der Waals surface area contributed by atoms with Gasteiger partial charge in [-0.3, -0.25) is 0 Å². The van der Waals surface area contributed by atoms with Crippen molar-refractivity contribution in [2.75, 3.05) is 5.73 Å². The number of carbonyl (C=O) groups is 1. The van der Waals surface area contributed by atoms with Crippen molar-refractivity contribution in [3.63, 3.8) is 0 Å². The van der Waals surface area contributed by atoms with Gasteiger partial charge in [0.05, 0.1) is 5.69 Å². The third-order valence-corrected chi connectivity index (χ3v) is 1.69. The Labute approximate surface area is 76.4 Å². The number of rotatable bonds is 3. The smallest absolute Gasteiger partial charge is 0.356 e. The van der Waals surface area contributed by atoms with Crippen molar-refractivity contribution in [1.29, 1.82) is 0 Å². The van der Waals surface area contributed by atoms with Gasteiger partial charge in [-0.05, 0) is 18.6 Å². The second kappa shape index (κ2) is 3.89. The van der Waals surface area contributed by atoms with Gasteiger partial charge in [0.2, 0.25) is 0 Å². The predicted octanol–water partition coefficient (Wildman–Crippen LogP) is 1.31. The fraction of sp³-hybridized carbons (Fsp3) is 0.333. The van der Waals surface area contributed by atoms with E-state index >= 15 is 0 Å². The SMILES string of the molecule is CCCc1ccc(N)c(C(=O)O)n1. The number of nitrogens with zero attached hydrogens (tertiary/aromatic N) is 1. The van der Waals surface area contributed by atoms with Crippen LogP contribution >= 0.6 is 0 Å². The summed E-state index contributed by atoms with van der Waals surface area (Å²) >= 11 is 0. The van der Waals surface area contributed by atoms with Crippen LogP contribution in [0.2, 0.25) is 0 Å². The normalized spacial score (nSPS) is 9.92. The van der Waals surface area contributed by atoms with E-state index in [0.29, 0.717) is 0 Å². The Morgan fingerprint density at radius 3 is 2.85 bits per heavy atom. The van der Waals surface area contributed by atoms with E-state index in [4.69, 9.17) is 10.8 Å². The molecule has 0 aliphatic rings. The molecule has 0 aromatic carbocycles. The van der Waals surface area contributed by atoms with Crippen LogP contribution in [0.15, 0.2) is 12.1 Å². The van der Waals surface area contributed by atoms with Crippen molar-refractivity contribution >= 4 is 11.7 Å². The van der Waals surface area contributed by atoms with Crippen molar-refractivity contribution < 1.29 is 9.90 Å². The first-order valence-electron chi connectivity index (χ1n) is 4.13. The van der Waals surface area contributed by atoms with Crippen molar-refractivity contribution in [3.8, 4) is 0 Å². The lowest BCUT2D eigenvalue weighted by atomic mass is 10.2. The van der Waals surface area contributed by atoms with Crippen LogP contribution in [0.1, 0.15) is 29.5 Å². The molecule has 0 bridgehead atoms. The largest absolute Gasteiger partial charge is 0.476 e. The molecule has 0 atom stereocenters. The van der Waals surface area contributed by atoms with Crippen molar-refractivity contribution in [1.82, 2.24) is 4.98 Å². The molecular formula is C9H12N2O2. The highest BCUT2D eigenvalue weighted by Gasteiger charge is 2.09. The number of aromatic carboxylic acids is 1. The predicted molar refractivity (Wildman–Crippen MR) is 49.6 cm³/mol. The van der Waals surface area contributed by atoms with E-state index < -0.39 is 5.97 Å². The van der Waals surface area contributed by atoms with Gasteiger partial charge in [0.1, 0.15) is 0 Å². The second-order valence-corrected chi connectivity index (χ2v) is 2.80. The zero-order valence-electron chi connectivity index (χ0n) is 7.45. The average molecular weight is 180 g/mol. The van der Waals surface area contributed by atoms with E-state index in [1.165, 1.54) is 0 Å². The molecule has 0 aliphatic carbocycles. The van der Waals surface area contributed by atoms with Gasteiger partial charge >= 0.3 is 5.97 Å². The van der Waals surface area contributed by atoms with Gasteiger partial charge in [-0.25, -0.2) is 9.78 Å². The molecule has 0 amide bonds. The molecule has 0 aliphatic heterocycles. The van der Waals surface area contributed by atoms with Crippen LogP contribution in [0.5, 0.6) is 0 Å². The molecule has 1 rings (SSSR count). The maximum atomic E-state index is 10.6. The molecule has 0 spiro atoms. The molecule has 0 unspecified atom stereocenters. The van der Waals surface area contributed by atoms with Gasteiger partial charge in [-0.15, -0.1) is 0 Å². The molecule has 3 N–H and O–H groups in total. The third-order valence-electron chi connectivity index (χ3n) is 1.69. The first-order chi connectivity index (χ1) is 6.15. The maximum absolute atomic E-state index is 10.6. The molecule has 1 heterocycles. The molecule has 4 heteroatoms. The summed E-state index contributed by atoms with van der Waals surface area (Å²) < 4.78 is 0. The number of carboxylic acids is 1. The topological polar surface area (TPSA) is 76.2 Å². The number of hydrogen-bond acceptors (Lipinski definition) is 3. The minimum absolute atomic E-state index is 0.0500. The minimum atomic E-state index is -1.07. The van der Waals surface area contributed by atoms with Crippen LogP contribution < -0.4 is 5.73 Å². The number of aryl methyl sites for hydroxylation is 1. The summed E-state index contributed by atoms with van der Waals surface area (Å²) in [5, 5.41) is 8.72. The lowest BCUT2D eigenvalue weighted by Crippen LogP contribution is -2.07. The van der Waals surface area contributed by atoms with E-state index in [2.05, 4.69) is 4.98 Å². The Kier molecular flexibility index (Phi) is 2.84. The minimum Gasteiger partial charge on any atom is -0.476 e. The van der Waals surface area contributed by atoms with E-state index in [0.717, 1.165) is 18.5 Å². The first kappa shape index (κ1) is 9.51. The first-order valence-corrected chi connectivity index (χ1v) is 4.13. The zero-order chi connectivity index (χ0) is 9.84. The number of nitrogen functional groups attached to an aromatic ring is 1. The fourth-order valence-corrected chi connectivity index (χ4v) is 1.08. The molecule has 4 nitrogen and oxygen atoms in total. The molecule has 0 radical (unpaired) electrons. The second-order valence-electron chi connectivity index (χ2n) is 2.80. The number of hydrogen-bond donors (Lipinski definition) is 2. The Morgan fingerprint density at radius 2 is 2.31 bits per heavy atom. The molecule has 1 aromatic heterocycles. The van der Waals surface area contributed by atoms with Gasteiger partial charge in [0.15, 0.2) is 5.69 Å². The number of aromatic nitrogens is 1. The lowest BCUT2D eigenvalue weighted by molar-refractivity contribution is 0.0691. The van der Waals surface area contributed by atoms with Crippen molar-refractivity contribution in [2.24, 2.45) is 0 Å². The summed E-state index contributed by atoms with van der Waals surface area (Å²) in [6, 6.07) is 3.34. The summed E-state index contributed by atoms with van der Waals surface area (Å²) in [5.74, 6) is -1.07. The Morgan fingerprint density at radius 1 is 1.62 bits per heavy atom. The number of anilines is 1. The molecule has 70 valence electrons. The van der Waals surface area contributed by atoms with Crippen LogP contribution in [0.3, 0.4) is 0 Å². The molecule has 13 heavy (non-hydrogen) atoms. The summed E-state index contributed by atoms with van der Waals surface area (Å²) in [6.07, 6.45) is 1.72. The monoisotopic (exact) mass is 180 g/mol. The van der Waals surface area contributed by atoms with Crippen LogP contribution in [-0.4, -0.2) is 16.1 Å². The van der Waals surface area contributed by atoms with E-state index in [-0.39, 0.29) is 11.4 Å². The number of carboxylic acid groups (broad SMARTS) is 1. The summed E-state index contributed by atoms with van der Waals surface area (Å²) in [5.41, 5.74) is 6.38. The van der Waals surface area contributed by atoms with Gasteiger partial charge < -0.3 is 10.8 Å². The molecule has 0 saturated carbocycles. The molecule has 0 saturated heterocycles. The highest BCUT2D eigenvalue weighted by molar-refractivity contribution is 5.91. The standard InChI is InChI=1S/C9H12N2O2/c1-2-3-6-4-5-7(10)8(11-6)9(12)13/h4-5H,2-3,10H2,1H3,(H,12,13). The van der Waals surface area contributed by atoms with Crippen molar-refractivity contribution in [2.45, 2.75) is 19.8 Å². The summed E-state index contributed by atoms with van der Waals surface area (Å²) in [4.78, 5) is 14.6. The van der Waals surface area contributed by atoms with Crippen LogP contribution in [-0.2, 0) is 6.42 Å². The van der Waals surface area contributed by atoms with Gasteiger partial charge in [-0.2, -0.15) is 0 Å². The van der Waals surface area contributed by atoms with Crippen LogP contribution in [0, 0.1) is 0 Å². The fourth-order valence-electron chi connectivity index (χ4n) is 1.08. The highest BCUT2D eigenvalue weighted by atomic mass is 16.4. The van der Waals surface area contributed by atoms with E-state index in [1.807, 2.05) is 6.92 Å². The molecule has 0 fully saturated rings. The van der Waals surface area contributed by atoms with Gasteiger partial charge in [0.25, 0.3) is 0 Å². The van der Waals surface area contributed by atoms with E-state index in [1.54, 1.807) is 12.1 Å². The van der Waals surface area contributed by atoms with Crippen molar-refractivity contribution in [3.05, 3.63) is 23.5 Å². The Bertz CT molecular complexity index is 323. The average Bonchev–Trinajstić information content (AvgIpc) is 2.08.